The van der Waals surface area contributed by atoms with Gasteiger partial charge in [-0.25, -0.2) is 19.6 Å². The standard InChI is InChI=1S/C42H40N6O5/c1-52-41(50)39(21-32-23-44-28-48(32)25-30-14-6-3-7-15-30)45-40(49)38(20-31-22-43-27-47(31)24-29-12-4-2-5-13-29)46-42(51)53-26-37-35-18-10-8-16-33(35)34-17-9-11-19-36(34)37/h2-19,22-23,27-28,37-39H,20-21,24-26H2,1H3,(H,45,49)(H,46,51)/t38-,39-/m0/s1. The van der Waals surface area contributed by atoms with Crippen molar-refractivity contribution >= 4 is 18.0 Å². The van der Waals surface area contributed by atoms with Crippen LogP contribution in [0.4, 0.5) is 4.79 Å². The fourth-order valence-electron chi connectivity index (χ4n) is 6.90. The zero-order valence-electron chi connectivity index (χ0n) is 29.3. The summed E-state index contributed by atoms with van der Waals surface area (Å²) in [6, 6.07) is 33.8. The summed E-state index contributed by atoms with van der Waals surface area (Å²) in [5, 5.41) is 5.65. The molecule has 11 heteroatoms. The van der Waals surface area contributed by atoms with Crippen LogP contribution in [0.5, 0.6) is 0 Å². The Balaban J connectivity index is 1.10. The average Bonchev–Trinajstić information content (AvgIpc) is 3.91. The minimum absolute atomic E-state index is 0.0797. The number of ether oxygens (including phenoxy) is 2. The van der Waals surface area contributed by atoms with Gasteiger partial charge < -0.3 is 29.2 Å². The van der Waals surface area contributed by atoms with Crippen LogP contribution in [0.2, 0.25) is 0 Å². The van der Waals surface area contributed by atoms with E-state index in [-0.39, 0.29) is 25.4 Å². The molecule has 0 fully saturated rings. The Morgan fingerprint density at radius 3 is 1.68 bits per heavy atom. The molecule has 0 saturated carbocycles. The summed E-state index contributed by atoms with van der Waals surface area (Å²) >= 11 is 0. The van der Waals surface area contributed by atoms with E-state index in [9.17, 15) is 14.4 Å². The van der Waals surface area contributed by atoms with Crippen LogP contribution in [0.1, 0.15) is 39.6 Å². The highest BCUT2D eigenvalue weighted by molar-refractivity contribution is 5.90. The lowest BCUT2D eigenvalue weighted by molar-refractivity contribution is -0.145. The second kappa shape index (κ2) is 16.2. The van der Waals surface area contributed by atoms with Crippen LogP contribution in [-0.4, -0.2) is 62.9 Å². The van der Waals surface area contributed by atoms with Gasteiger partial charge in [0.15, 0.2) is 0 Å². The van der Waals surface area contributed by atoms with Crippen molar-refractivity contribution < 1.29 is 23.9 Å². The lowest BCUT2D eigenvalue weighted by Crippen LogP contribution is -2.53. The van der Waals surface area contributed by atoms with E-state index >= 15 is 0 Å². The number of nitrogens with zero attached hydrogens (tertiary/aromatic N) is 4. The second-order valence-electron chi connectivity index (χ2n) is 13.0. The predicted octanol–water partition coefficient (Wildman–Crippen LogP) is 5.53. The molecule has 2 N–H and O–H groups in total. The number of nitrogens with one attached hydrogen (secondary N) is 2. The first kappa shape index (κ1) is 34.9. The van der Waals surface area contributed by atoms with Gasteiger partial charge in [-0.3, -0.25) is 4.79 Å². The smallest absolute Gasteiger partial charge is 0.407 e. The molecule has 1 aliphatic carbocycles. The Bertz CT molecular complexity index is 2130. The Kier molecular flexibility index (Phi) is 10.7. The van der Waals surface area contributed by atoms with E-state index in [1.807, 2.05) is 106 Å². The van der Waals surface area contributed by atoms with Crippen molar-refractivity contribution in [2.24, 2.45) is 0 Å². The fourth-order valence-corrected chi connectivity index (χ4v) is 6.90. The molecule has 53 heavy (non-hydrogen) atoms. The Morgan fingerprint density at radius 1 is 0.660 bits per heavy atom. The average molecular weight is 709 g/mol. The van der Waals surface area contributed by atoms with E-state index < -0.39 is 30.1 Å². The number of rotatable bonds is 14. The summed E-state index contributed by atoms with van der Waals surface area (Å²) in [6.45, 7) is 1.14. The van der Waals surface area contributed by atoms with E-state index in [0.717, 1.165) is 39.1 Å². The summed E-state index contributed by atoms with van der Waals surface area (Å²) in [4.78, 5) is 49.5. The molecule has 2 atom stereocenters. The van der Waals surface area contributed by atoms with Crippen LogP contribution in [0.25, 0.3) is 11.1 Å². The minimum Gasteiger partial charge on any atom is -0.467 e. The van der Waals surface area contributed by atoms with Gasteiger partial charge in [0.25, 0.3) is 0 Å². The molecular weight excluding hydrogens is 668 g/mol. The highest BCUT2D eigenvalue weighted by atomic mass is 16.5. The summed E-state index contributed by atoms with van der Waals surface area (Å²) < 4.78 is 14.8. The number of carbonyl (C=O) groups is 3. The summed E-state index contributed by atoms with van der Waals surface area (Å²) in [6.07, 6.45) is 6.17. The second-order valence-corrected chi connectivity index (χ2v) is 13.0. The van der Waals surface area contributed by atoms with Crippen molar-refractivity contribution in [1.29, 1.82) is 0 Å². The van der Waals surface area contributed by atoms with Crippen LogP contribution < -0.4 is 10.6 Å². The molecule has 1 aliphatic rings. The predicted molar refractivity (Wildman–Crippen MR) is 199 cm³/mol. The van der Waals surface area contributed by atoms with Gasteiger partial charge in [-0.15, -0.1) is 0 Å². The SMILES string of the molecule is COC(=O)[C@H](Cc1cncn1Cc1ccccc1)NC(=O)[C@H](Cc1cncn1Cc1ccccc1)NC(=O)OCC1c2ccccc2-c2ccccc21. The molecule has 2 amide bonds. The summed E-state index contributed by atoms with van der Waals surface area (Å²) in [5.41, 5.74) is 7.93. The molecule has 268 valence electrons. The molecule has 4 aromatic carbocycles. The van der Waals surface area contributed by atoms with Crippen molar-refractivity contribution in [3.63, 3.8) is 0 Å². The highest BCUT2D eigenvalue weighted by Crippen LogP contribution is 2.44. The molecule has 6 aromatic rings. The van der Waals surface area contributed by atoms with E-state index in [0.29, 0.717) is 18.8 Å². The number of imidazole rings is 2. The number of hydrogen-bond donors (Lipinski definition) is 2. The Hall–Kier alpha value is -6.49. The van der Waals surface area contributed by atoms with Gasteiger partial charge >= 0.3 is 12.1 Å². The number of hydrogen-bond acceptors (Lipinski definition) is 7. The third-order valence-corrected chi connectivity index (χ3v) is 9.57. The number of methoxy groups -OCH3 is 1. The summed E-state index contributed by atoms with van der Waals surface area (Å²) in [7, 11) is 1.28. The third-order valence-electron chi connectivity index (χ3n) is 9.57. The monoisotopic (exact) mass is 708 g/mol. The number of benzene rings is 4. The normalized spacial score (nSPS) is 13.0. The first-order chi connectivity index (χ1) is 26.0. The van der Waals surface area contributed by atoms with E-state index in [4.69, 9.17) is 9.47 Å². The lowest BCUT2D eigenvalue weighted by Gasteiger charge is -2.23. The molecule has 0 aliphatic heterocycles. The molecule has 2 aromatic heterocycles. The van der Waals surface area contributed by atoms with Gasteiger partial charge in [-0.05, 0) is 33.4 Å². The zero-order chi connectivity index (χ0) is 36.6. The topological polar surface area (TPSA) is 129 Å². The van der Waals surface area contributed by atoms with Crippen molar-refractivity contribution in [3.05, 3.63) is 168 Å². The molecule has 2 heterocycles. The molecule has 11 nitrogen and oxygen atoms in total. The molecule has 0 radical (unpaired) electrons. The first-order valence-corrected chi connectivity index (χ1v) is 17.5. The number of esters is 1. The van der Waals surface area contributed by atoms with Crippen molar-refractivity contribution in [1.82, 2.24) is 29.7 Å². The first-order valence-electron chi connectivity index (χ1n) is 17.5. The number of carbonyl (C=O) groups excluding carboxylic acids is 3. The van der Waals surface area contributed by atoms with Crippen LogP contribution in [0, 0.1) is 0 Å². The molecule has 7 rings (SSSR count). The third kappa shape index (κ3) is 8.20. The Labute approximate surface area is 307 Å². The van der Waals surface area contributed by atoms with E-state index in [1.54, 1.807) is 25.0 Å². The maximum Gasteiger partial charge on any atom is 0.407 e. The molecular formula is C42H40N6O5. The maximum absolute atomic E-state index is 14.2. The Morgan fingerprint density at radius 2 is 1.15 bits per heavy atom. The quantitative estimate of drug-likeness (QED) is 0.143. The van der Waals surface area contributed by atoms with Gasteiger partial charge in [0.05, 0.1) is 19.8 Å². The van der Waals surface area contributed by atoms with Gasteiger partial charge in [0, 0.05) is 55.6 Å². The summed E-state index contributed by atoms with van der Waals surface area (Å²) in [5.74, 6) is -1.35. The number of alkyl carbamates (subject to hydrolysis) is 1. The molecule has 0 spiro atoms. The van der Waals surface area contributed by atoms with Crippen molar-refractivity contribution in [2.75, 3.05) is 13.7 Å². The van der Waals surface area contributed by atoms with Gasteiger partial charge in [0.1, 0.15) is 18.7 Å². The number of fused-ring (bicyclic) bond motifs is 3. The van der Waals surface area contributed by atoms with Crippen LogP contribution in [-0.2, 0) is 45.0 Å². The van der Waals surface area contributed by atoms with Gasteiger partial charge in [0.2, 0.25) is 5.91 Å². The number of aromatic nitrogens is 4. The van der Waals surface area contributed by atoms with Crippen molar-refractivity contribution in [3.8, 4) is 11.1 Å². The van der Waals surface area contributed by atoms with Crippen molar-refractivity contribution in [2.45, 2.75) is 43.9 Å². The highest BCUT2D eigenvalue weighted by Gasteiger charge is 2.32. The lowest BCUT2D eigenvalue weighted by atomic mass is 9.98. The van der Waals surface area contributed by atoms with E-state index in [1.165, 1.54) is 7.11 Å². The molecule has 0 unspecified atom stereocenters. The zero-order valence-corrected chi connectivity index (χ0v) is 29.3. The van der Waals surface area contributed by atoms with Crippen LogP contribution in [0.3, 0.4) is 0 Å². The fraction of sp³-hybridized carbons (Fsp3) is 0.214. The van der Waals surface area contributed by atoms with Gasteiger partial charge in [-0.1, -0.05) is 109 Å². The van der Waals surface area contributed by atoms with Crippen LogP contribution >= 0.6 is 0 Å². The molecule has 0 saturated heterocycles. The van der Waals surface area contributed by atoms with E-state index in [2.05, 4.69) is 32.7 Å². The minimum atomic E-state index is -1.11. The van der Waals surface area contributed by atoms with Crippen LogP contribution in [0.15, 0.2) is 134 Å². The maximum atomic E-state index is 14.2. The molecule has 0 bridgehead atoms. The van der Waals surface area contributed by atoms with Gasteiger partial charge in [-0.2, -0.15) is 0 Å². The number of amides is 2. The largest absolute Gasteiger partial charge is 0.467 e.